The summed E-state index contributed by atoms with van der Waals surface area (Å²) in [6.07, 6.45) is 6.15. The number of aromatic nitrogens is 1. The second-order valence-electron chi connectivity index (χ2n) is 8.13. The van der Waals surface area contributed by atoms with Crippen LogP contribution in [0.1, 0.15) is 36.8 Å². The third-order valence-corrected chi connectivity index (χ3v) is 7.91. The van der Waals surface area contributed by atoms with Gasteiger partial charge in [-0.25, -0.2) is 4.98 Å². The minimum atomic E-state index is 0.234. The molecule has 150 valence electrons. The highest BCUT2D eigenvalue weighted by Crippen LogP contribution is 2.41. The highest BCUT2D eigenvalue weighted by atomic mass is 32.2. The molecule has 1 saturated carbocycles. The molecular weight excluding hydrogens is 396 g/mol. The van der Waals surface area contributed by atoms with Gasteiger partial charge in [0.2, 0.25) is 0 Å². The number of rotatable bonds is 5. The van der Waals surface area contributed by atoms with Crippen LogP contribution < -0.4 is 10.6 Å². The van der Waals surface area contributed by atoms with Crippen molar-refractivity contribution in [2.24, 2.45) is 4.99 Å². The highest BCUT2D eigenvalue weighted by Gasteiger charge is 2.38. The summed E-state index contributed by atoms with van der Waals surface area (Å²) >= 11 is 3.60. The molecule has 4 nitrogen and oxygen atoms in total. The summed E-state index contributed by atoms with van der Waals surface area (Å²) in [5.41, 5.74) is 5.04. The van der Waals surface area contributed by atoms with E-state index in [0.717, 1.165) is 40.2 Å². The normalized spacial score (nSPS) is 17.8. The lowest BCUT2D eigenvalue weighted by Crippen LogP contribution is -2.21. The van der Waals surface area contributed by atoms with Gasteiger partial charge in [-0.15, -0.1) is 0 Å². The molecule has 0 saturated heterocycles. The van der Waals surface area contributed by atoms with E-state index in [0.29, 0.717) is 0 Å². The van der Waals surface area contributed by atoms with Crippen LogP contribution in [0.2, 0.25) is 0 Å². The Balaban J connectivity index is 1.14. The molecule has 0 unspecified atom stereocenters. The first-order valence-corrected chi connectivity index (χ1v) is 12.2. The van der Waals surface area contributed by atoms with Crippen LogP contribution in [0.15, 0.2) is 47.5 Å². The smallest absolute Gasteiger partial charge is 0.183 e. The first kappa shape index (κ1) is 18.9. The third kappa shape index (κ3) is 4.28. The Hall–Kier alpha value is -2.05. The van der Waals surface area contributed by atoms with Crippen molar-refractivity contribution in [2.45, 2.75) is 44.6 Å². The van der Waals surface area contributed by atoms with Gasteiger partial charge in [0.15, 0.2) is 10.3 Å². The Kier molecular flexibility index (Phi) is 5.22. The van der Waals surface area contributed by atoms with Crippen LogP contribution in [0.25, 0.3) is 10.2 Å². The number of amidine groups is 1. The number of nitrogens with zero attached hydrogens (tertiary/aromatic N) is 2. The molecule has 1 aliphatic heterocycles. The van der Waals surface area contributed by atoms with Crippen LogP contribution in [0.4, 0.5) is 10.8 Å². The summed E-state index contributed by atoms with van der Waals surface area (Å²) in [7, 11) is 0. The molecule has 1 aliphatic carbocycles. The van der Waals surface area contributed by atoms with E-state index >= 15 is 0 Å². The van der Waals surface area contributed by atoms with Crippen molar-refractivity contribution in [3.8, 4) is 0 Å². The maximum Gasteiger partial charge on any atom is 0.183 e. The topological polar surface area (TPSA) is 49.3 Å². The molecule has 0 atom stereocenters. The average molecular weight is 423 g/mol. The quantitative estimate of drug-likeness (QED) is 0.523. The fraction of sp³-hybridized carbons (Fsp3) is 0.391. The van der Waals surface area contributed by atoms with Gasteiger partial charge in [-0.1, -0.05) is 54.1 Å². The van der Waals surface area contributed by atoms with E-state index in [1.165, 1.54) is 41.5 Å². The number of thioether (sulfide) groups is 1. The van der Waals surface area contributed by atoms with Crippen molar-refractivity contribution in [1.82, 2.24) is 4.98 Å². The number of aryl methyl sites for hydroxylation is 1. The highest BCUT2D eigenvalue weighted by molar-refractivity contribution is 8.14. The summed E-state index contributed by atoms with van der Waals surface area (Å²) in [4.78, 5) is 9.66. The van der Waals surface area contributed by atoms with Crippen LogP contribution in [0, 0.1) is 6.92 Å². The van der Waals surface area contributed by atoms with Crippen molar-refractivity contribution >= 4 is 49.3 Å². The molecule has 0 bridgehead atoms. The number of hydrogen-bond donors (Lipinski definition) is 2. The van der Waals surface area contributed by atoms with Gasteiger partial charge in [-0.3, -0.25) is 4.99 Å². The van der Waals surface area contributed by atoms with E-state index in [2.05, 4.69) is 65.0 Å². The van der Waals surface area contributed by atoms with Crippen molar-refractivity contribution in [3.63, 3.8) is 0 Å². The van der Waals surface area contributed by atoms with Crippen molar-refractivity contribution in [1.29, 1.82) is 0 Å². The number of aliphatic imine (C=N–C) groups is 1. The molecule has 5 rings (SSSR count). The lowest BCUT2D eigenvalue weighted by Gasteiger charge is -2.16. The zero-order valence-corrected chi connectivity index (χ0v) is 18.3. The molecule has 2 aliphatic rings. The first-order chi connectivity index (χ1) is 14.2. The lowest BCUT2D eigenvalue weighted by molar-refractivity contribution is 0.508. The molecule has 2 N–H and O–H groups in total. The van der Waals surface area contributed by atoms with E-state index < -0.39 is 0 Å². The molecule has 1 spiro atoms. The number of anilines is 2. The van der Waals surface area contributed by atoms with Gasteiger partial charge in [0.05, 0.1) is 15.8 Å². The molecule has 29 heavy (non-hydrogen) atoms. The van der Waals surface area contributed by atoms with Gasteiger partial charge in [-0.05, 0) is 61.6 Å². The van der Waals surface area contributed by atoms with Gasteiger partial charge in [-0.2, -0.15) is 0 Å². The number of thiazole rings is 1. The fourth-order valence-electron chi connectivity index (χ4n) is 4.14. The van der Waals surface area contributed by atoms with E-state index in [1.54, 1.807) is 11.3 Å². The van der Waals surface area contributed by atoms with Crippen molar-refractivity contribution in [3.05, 3.63) is 53.6 Å². The summed E-state index contributed by atoms with van der Waals surface area (Å²) < 4.78 is 1.25. The van der Waals surface area contributed by atoms with E-state index in [-0.39, 0.29) is 5.54 Å². The Morgan fingerprint density at radius 3 is 2.72 bits per heavy atom. The summed E-state index contributed by atoms with van der Waals surface area (Å²) in [6.45, 7) is 3.01. The number of hydrogen-bond acceptors (Lipinski definition) is 6. The van der Waals surface area contributed by atoms with Crippen LogP contribution in [0.3, 0.4) is 0 Å². The standard InChI is InChI=1S/C23H26N4S2/c1-16-4-9-19-20(14-16)29-21(26-19)24-13-10-17-5-7-18(8-6-17)25-22-27-23(15-28-22)11-2-3-12-23/h4-9,14H,2-3,10-13,15H2,1H3,(H,24,26)(H,25,27). The fourth-order valence-corrected chi connectivity index (χ4v) is 6.33. The summed E-state index contributed by atoms with van der Waals surface area (Å²) in [5.74, 6) is 1.14. The van der Waals surface area contributed by atoms with Gasteiger partial charge < -0.3 is 10.6 Å². The monoisotopic (exact) mass is 422 g/mol. The van der Waals surface area contributed by atoms with Gasteiger partial charge in [0.1, 0.15) is 0 Å². The van der Waals surface area contributed by atoms with Crippen molar-refractivity contribution in [2.75, 3.05) is 22.9 Å². The Labute approximate surface area is 180 Å². The van der Waals surface area contributed by atoms with E-state index in [4.69, 9.17) is 4.99 Å². The molecule has 0 amide bonds. The van der Waals surface area contributed by atoms with Crippen LogP contribution >= 0.6 is 23.1 Å². The zero-order chi connectivity index (χ0) is 19.7. The summed E-state index contributed by atoms with van der Waals surface area (Å²) in [6, 6.07) is 15.2. The number of benzene rings is 2. The predicted octanol–water partition coefficient (Wildman–Crippen LogP) is 6.09. The molecule has 0 radical (unpaired) electrons. The Bertz CT molecular complexity index is 1030. The molecule has 1 fully saturated rings. The van der Waals surface area contributed by atoms with Crippen molar-refractivity contribution < 1.29 is 0 Å². The second kappa shape index (κ2) is 8.00. The zero-order valence-electron chi connectivity index (χ0n) is 16.7. The molecular formula is C23H26N4S2. The minimum absolute atomic E-state index is 0.234. The molecule has 2 heterocycles. The van der Waals surface area contributed by atoms with Gasteiger partial charge in [0.25, 0.3) is 0 Å². The van der Waals surface area contributed by atoms with Gasteiger partial charge >= 0.3 is 0 Å². The predicted molar refractivity (Wildman–Crippen MR) is 128 cm³/mol. The van der Waals surface area contributed by atoms with E-state index in [1.807, 2.05) is 11.8 Å². The Morgan fingerprint density at radius 1 is 1.07 bits per heavy atom. The van der Waals surface area contributed by atoms with Crippen LogP contribution in [-0.4, -0.2) is 28.0 Å². The Morgan fingerprint density at radius 2 is 1.90 bits per heavy atom. The lowest BCUT2D eigenvalue weighted by atomic mass is 10.0. The first-order valence-electron chi connectivity index (χ1n) is 10.4. The third-order valence-electron chi connectivity index (χ3n) is 5.79. The van der Waals surface area contributed by atoms with Crippen LogP contribution in [0.5, 0.6) is 0 Å². The molecule has 2 aromatic carbocycles. The number of fused-ring (bicyclic) bond motifs is 1. The molecule has 1 aromatic heterocycles. The minimum Gasteiger partial charge on any atom is -0.361 e. The number of nitrogens with one attached hydrogen (secondary N) is 2. The molecule has 3 aromatic rings. The van der Waals surface area contributed by atoms with Crippen LogP contribution in [-0.2, 0) is 6.42 Å². The largest absolute Gasteiger partial charge is 0.361 e. The average Bonchev–Trinajstić information content (AvgIpc) is 3.44. The maximum absolute atomic E-state index is 5.00. The molecule has 6 heteroatoms. The van der Waals surface area contributed by atoms with Gasteiger partial charge in [0, 0.05) is 18.0 Å². The second-order valence-corrected chi connectivity index (χ2v) is 10.1. The van der Waals surface area contributed by atoms with E-state index in [9.17, 15) is 0 Å². The summed E-state index contributed by atoms with van der Waals surface area (Å²) in [5, 5.41) is 9.07. The maximum atomic E-state index is 5.00. The SMILES string of the molecule is Cc1ccc2nc(NCCc3ccc(NC4=NC5(CCCC5)CS4)cc3)sc2c1.